The summed E-state index contributed by atoms with van der Waals surface area (Å²) in [6, 6.07) is 9.50. The van der Waals surface area contributed by atoms with Gasteiger partial charge in [-0.3, -0.25) is 0 Å². The molecule has 0 amide bonds. The highest BCUT2D eigenvalue weighted by Crippen LogP contribution is 2.13. The van der Waals surface area contributed by atoms with Gasteiger partial charge in [-0.2, -0.15) is 5.26 Å². The van der Waals surface area contributed by atoms with Gasteiger partial charge in [0.05, 0.1) is 23.1 Å². The molecule has 17 heavy (non-hydrogen) atoms. The first kappa shape index (κ1) is 12.1. The summed E-state index contributed by atoms with van der Waals surface area (Å²) in [6.45, 7) is 0.546. The lowest BCUT2D eigenvalue weighted by atomic mass is 10.1. The summed E-state index contributed by atoms with van der Waals surface area (Å²) >= 11 is 0. The van der Waals surface area contributed by atoms with Crippen LogP contribution in [-0.2, 0) is 16.4 Å². The third kappa shape index (κ3) is 3.05. The van der Waals surface area contributed by atoms with Crippen molar-refractivity contribution in [3.8, 4) is 6.07 Å². The van der Waals surface area contributed by atoms with Crippen LogP contribution in [0.15, 0.2) is 24.3 Å². The van der Waals surface area contributed by atoms with Gasteiger partial charge in [0.2, 0.25) is 0 Å². The Kier molecular flexibility index (Phi) is 3.46. The van der Waals surface area contributed by atoms with E-state index in [9.17, 15) is 8.42 Å². The van der Waals surface area contributed by atoms with Gasteiger partial charge < -0.3 is 5.32 Å². The topological polar surface area (TPSA) is 70.0 Å². The average Bonchev–Trinajstić information content (AvgIpc) is 2.67. The Morgan fingerprint density at radius 1 is 1.41 bits per heavy atom. The molecule has 1 aromatic rings. The second-order valence-corrected chi connectivity index (χ2v) is 6.48. The Morgan fingerprint density at radius 3 is 2.82 bits per heavy atom. The molecule has 5 heteroatoms. The van der Waals surface area contributed by atoms with E-state index in [1.54, 1.807) is 6.07 Å². The fourth-order valence-corrected chi connectivity index (χ4v) is 3.70. The van der Waals surface area contributed by atoms with Crippen LogP contribution in [0.3, 0.4) is 0 Å². The molecule has 1 heterocycles. The lowest BCUT2D eigenvalue weighted by Gasteiger charge is -2.11. The van der Waals surface area contributed by atoms with E-state index in [2.05, 4.69) is 11.4 Å². The molecule has 0 aromatic heterocycles. The van der Waals surface area contributed by atoms with Crippen molar-refractivity contribution in [2.24, 2.45) is 0 Å². The summed E-state index contributed by atoms with van der Waals surface area (Å²) in [4.78, 5) is 0. The zero-order chi connectivity index (χ0) is 12.3. The van der Waals surface area contributed by atoms with E-state index in [-0.39, 0.29) is 17.5 Å². The molecule has 1 aliphatic rings. The summed E-state index contributed by atoms with van der Waals surface area (Å²) in [5, 5.41) is 12.1. The van der Waals surface area contributed by atoms with Crippen LogP contribution in [-0.4, -0.2) is 26.0 Å². The highest BCUT2D eigenvalue weighted by molar-refractivity contribution is 7.91. The molecule has 1 atom stereocenters. The quantitative estimate of drug-likeness (QED) is 0.863. The molecule has 1 aromatic carbocycles. The molecule has 0 spiro atoms. The zero-order valence-electron chi connectivity index (χ0n) is 9.39. The zero-order valence-corrected chi connectivity index (χ0v) is 10.2. The molecule has 1 fully saturated rings. The maximum Gasteiger partial charge on any atom is 0.151 e. The first-order chi connectivity index (χ1) is 8.11. The second kappa shape index (κ2) is 4.86. The van der Waals surface area contributed by atoms with Gasteiger partial charge >= 0.3 is 0 Å². The van der Waals surface area contributed by atoms with E-state index >= 15 is 0 Å². The summed E-state index contributed by atoms with van der Waals surface area (Å²) in [7, 11) is -2.84. The smallest absolute Gasteiger partial charge is 0.151 e. The molecule has 1 aliphatic heterocycles. The SMILES string of the molecule is N#Cc1ccccc1CNC1CCS(=O)(=O)C1. The van der Waals surface area contributed by atoms with Gasteiger partial charge in [0.15, 0.2) is 9.84 Å². The number of nitriles is 1. The Bertz CT molecular complexity index is 546. The number of benzene rings is 1. The van der Waals surface area contributed by atoms with Crippen LogP contribution in [0.5, 0.6) is 0 Å². The molecule has 1 saturated heterocycles. The highest BCUT2D eigenvalue weighted by atomic mass is 32.2. The molecule has 0 aliphatic carbocycles. The molecule has 0 radical (unpaired) electrons. The van der Waals surface area contributed by atoms with Crippen LogP contribution in [0.1, 0.15) is 17.5 Å². The van der Waals surface area contributed by atoms with Crippen LogP contribution in [0.4, 0.5) is 0 Å². The molecule has 0 bridgehead atoms. The van der Waals surface area contributed by atoms with Gasteiger partial charge in [-0.05, 0) is 18.1 Å². The maximum atomic E-state index is 11.3. The third-order valence-corrected chi connectivity index (χ3v) is 4.72. The predicted molar refractivity (Wildman–Crippen MR) is 65.1 cm³/mol. The van der Waals surface area contributed by atoms with Crippen molar-refractivity contribution < 1.29 is 8.42 Å². The number of rotatable bonds is 3. The van der Waals surface area contributed by atoms with E-state index in [4.69, 9.17) is 5.26 Å². The monoisotopic (exact) mass is 250 g/mol. The van der Waals surface area contributed by atoms with Gasteiger partial charge in [-0.1, -0.05) is 18.2 Å². The third-order valence-electron chi connectivity index (χ3n) is 2.95. The standard InChI is InChI=1S/C12H14N2O2S/c13-7-10-3-1-2-4-11(10)8-14-12-5-6-17(15,16)9-12/h1-4,12,14H,5-6,8-9H2. The normalized spacial score (nSPS) is 22.2. The van der Waals surface area contributed by atoms with Crippen molar-refractivity contribution in [2.75, 3.05) is 11.5 Å². The minimum absolute atomic E-state index is 0.0201. The molecule has 4 nitrogen and oxygen atoms in total. The Hall–Kier alpha value is -1.38. The van der Waals surface area contributed by atoms with Crippen molar-refractivity contribution in [1.29, 1.82) is 5.26 Å². The van der Waals surface area contributed by atoms with E-state index in [1.807, 2.05) is 18.2 Å². The van der Waals surface area contributed by atoms with Crippen molar-refractivity contribution in [3.05, 3.63) is 35.4 Å². The van der Waals surface area contributed by atoms with Crippen LogP contribution < -0.4 is 5.32 Å². The van der Waals surface area contributed by atoms with Gasteiger partial charge in [0.25, 0.3) is 0 Å². The van der Waals surface area contributed by atoms with Crippen LogP contribution in [0, 0.1) is 11.3 Å². The lowest BCUT2D eigenvalue weighted by molar-refractivity contribution is 0.554. The summed E-state index contributed by atoms with van der Waals surface area (Å²) < 4.78 is 22.6. The molecule has 1 N–H and O–H groups in total. The van der Waals surface area contributed by atoms with Crippen molar-refractivity contribution in [3.63, 3.8) is 0 Å². The molecular weight excluding hydrogens is 236 g/mol. The number of nitrogens with one attached hydrogen (secondary N) is 1. The van der Waals surface area contributed by atoms with Crippen molar-refractivity contribution in [2.45, 2.75) is 19.0 Å². The number of nitrogens with zero attached hydrogens (tertiary/aromatic N) is 1. The maximum absolute atomic E-state index is 11.3. The fraction of sp³-hybridized carbons (Fsp3) is 0.417. The largest absolute Gasteiger partial charge is 0.309 e. The van der Waals surface area contributed by atoms with Crippen molar-refractivity contribution in [1.82, 2.24) is 5.32 Å². The van der Waals surface area contributed by atoms with Crippen LogP contribution in [0.2, 0.25) is 0 Å². The molecule has 90 valence electrons. The summed E-state index contributed by atoms with van der Waals surface area (Å²) in [6.07, 6.45) is 0.664. The molecule has 2 rings (SSSR count). The number of hydrogen-bond acceptors (Lipinski definition) is 4. The Labute approximate surface area is 101 Å². The predicted octanol–water partition coefficient (Wildman–Crippen LogP) is 0.835. The van der Waals surface area contributed by atoms with Gasteiger partial charge in [0, 0.05) is 12.6 Å². The fourth-order valence-electron chi connectivity index (χ4n) is 1.99. The lowest BCUT2D eigenvalue weighted by Crippen LogP contribution is -2.29. The first-order valence-corrected chi connectivity index (χ1v) is 7.35. The number of sulfone groups is 1. The Balaban J connectivity index is 1.97. The van der Waals surface area contributed by atoms with E-state index in [0.29, 0.717) is 18.5 Å². The number of hydrogen-bond donors (Lipinski definition) is 1. The summed E-state index contributed by atoms with van der Waals surface area (Å²) in [5.74, 6) is 0.478. The van der Waals surface area contributed by atoms with Gasteiger partial charge in [-0.15, -0.1) is 0 Å². The van der Waals surface area contributed by atoms with Crippen LogP contribution in [0.25, 0.3) is 0 Å². The molecule has 0 saturated carbocycles. The van der Waals surface area contributed by atoms with Gasteiger partial charge in [0.1, 0.15) is 0 Å². The first-order valence-electron chi connectivity index (χ1n) is 5.52. The summed E-state index contributed by atoms with van der Waals surface area (Å²) in [5.41, 5.74) is 1.56. The Morgan fingerprint density at radius 2 is 2.18 bits per heavy atom. The second-order valence-electron chi connectivity index (χ2n) is 4.25. The molecular formula is C12H14N2O2S. The minimum atomic E-state index is -2.84. The van der Waals surface area contributed by atoms with E-state index in [0.717, 1.165) is 5.56 Å². The highest BCUT2D eigenvalue weighted by Gasteiger charge is 2.27. The van der Waals surface area contributed by atoms with Crippen LogP contribution >= 0.6 is 0 Å². The van der Waals surface area contributed by atoms with Gasteiger partial charge in [-0.25, -0.2) is 8.42 Å². The minimum Gasteiger partial charge on any atom is -0.309 e. The van der Waals surface area contributed by atoms with E-state index in [1.165, 1.54) is 0 Å². The average molecular weight is 250 g/mol. The van der Waals surface area contributed by atoms with Crippen molar-refractivity contribution >= 4 is 9.84 Å². The molecule has 1 unspecified atom stereocenters. The van der Waals surface area contributed by atoms with E-state index < -0.39 is 9.84 Å².